The SMILES string of the molecule is O=c1ccn([C@@H]2O[C@H](CO)C(O)=C2OC(F)(F)C(F)(F)C(F)(F)C(F)(F)C(F)(F)C(F)(F)C(F)(F)C(F)(F)F)c(=O)[nH]1. The van der Waals surface area contributed by atoms with E-state index in [-0.39, 0.29) is 10.8 Å². The summed E-state index contributed by atoms with van der Waals surface area (Å²) in [4.78, 5) is 24.3. The number of nitrogens with zero attached hydrogens (tertiary/aromatic N) is 1. The van der Waals surface area contributed by atoms with Gasteiger partial charge in [-0.05, 0) is 0 Å². The van der Waals surface area contributed by atoms with E-state index in [4.69, 9.17) is 5.11 Å². The summed E-state index contributed by atoms with van der Waals surface area (Å²) in [5.41, 5.74) is -3.00. The van der Waals surface area contributed by atoms with Crippen molar-refractivity contribution in [3.05, 3.63) is 44.6 Å². The van der Waals surface area contributed by atoms with Crippen molar-refractivity contribution in [2.24, 2.45) is 0 Å². The van der Waals surface area contributed by atoms with Crippen LogP contribution in [0.2, 0.25) is 0 Å². The van der Waals surface area contributed by atoms with Gasteiger partial charge in [0.2, 0.25) is 6.23 Å². The molecule has 0 unspecified atom stereocenters. The number of rotatable bonds is 10. The number of alkyl halides is 17. The Morgan fingerprint density at radius 3 is 1.60 bits per heavy atom. The van der Waals surface area contributed by atoms with Gasteiger partial charge < -0.3 is 19.7 Å². The van der Waals surface area contributed by atoms with Crippen LogP contribution in [0.4, 0.5) is 74.6 Å². The number of aromatic amines is 1. The smallest absolute Gasteiger partial charge is 0.471 e. The second-order valence-corrected chi connectivity index (χ2v) is 7.99. The van der Waals surface area contributed by atoms with Gasteiger partial charge in [-0.15, -0.1) is 0 Å². The number of H-pyrrole nitrogens is 1. The Hall–Kier alpha value is -3.25. The van der Waals surface area contributed by atoms with Crippen LogP contribution in [0.3, 0.4) is 0 Å². The van der Waals surface area contributed by atoms with Crippen molar-refractivity contribution in [1.29, 1.82) is 0 Å². The number of aromatic nitrogens is 2. The highest BCUT2D eigenvalue weighted by atomic mass is 19.4. The number of hydrogen-bond donors (Lipinski definition) is 3. The van der Waals surface area contributed by atoms with Crippen molar-refractivity contribution in [3.63, 3.8) is 0 Å². The van der Waals surface area contributed by atoms with E-state index < -0.39 is 89.5 Å². The van der Waals surface area contributed by atoms with E-state index in [1.54, 1.807) is 0 Å². The monoisotopic (exact) mass is 660 g/mol. The first-order valence-corrected chi connectivity index (χ1v) is 9.89. The third-order valence-electron chi connectivity index (χ3n) is 5.28. The third kappa shape index (κ3) is 4.72. The largest absolute Gasteiger partial charge is 0.506 e. The van der Waals surface area contributed by atoms with Gasteiger partial charge in [-0.2, -0.15) is 74.6 Å². The Morgan fingerprint density at radius 1 is 0.762 bits per heavy atom. The maximum Gasteiger partial charge on any atom is 0.471 e. The molecule has 1 aliphatic heterocycles. The Balaban J connectivity index is 2.65. The molecule has 242 valence electrons. The van der Waals surface area contributed by atoms with Crippen LogP contribution in [-0.2, 0) is 9.47 Å². The average Bonchev–Trinajstić information content (AvgIpc) is 3.12. The highest BCUT2D eigenvalue weighted by Crippen LogP contribution is 2.64. The van der Waals surface area contributed by atoms with Crippen LogP contribution in [0.15, 0.2) is 33.4 Å². The van der Waals surface area contributed by atoms with Crippen LogP contribution in [-0.4, -0.2) is 80.3 Å². The molecule has 2 rings (SSSR count). The number of ether oxygens (including phenoxy) is 2. The molecule has 25 heteroatoms. The molecule has 0 amide bonds. The molecule has 0 fully saturated rings. The minimum atomic E-state index is -8.88. The Bertz CT molecular complexity index is 1330. The molecule has 2 atom stereocenters. The van der Waals surface area contributed by atoms with E-state index in [2.05, 4.69) is 9.47 Å². The predicted octanol–water partition coefficient (Wildman–Crippen LogP) is 4.18. The molecule has 1 aromatic heterocycles. The number of hydrogen-bond acceptors (Lipinski definition) is 6. The molecule has 3 N–H and O–H groups in total. The molecule has 0 aliphatic carbocycles. The number of aliphatic hydroxyl groups is 2. The van der Waals surface area contributed by atoms with Gasteiger partial charge in [0.25, 0.3) is 5.56 Å². The summed E-state index contributed by atoms with van der Waals surface area (Å²) in [6.07, 6.45) is -20.4. The van der Waals surface area contributed by atoms with E-state index in [1.165, 1.54) is 4.98 Å². The molecule has 0 saturated carbocycles. The summed E-state index contributed by atoms with van der Waals surface area (Å²) in [7, 11) is 0. The van der Waals surface area contributed by atoms with Crippen LogP contribution in [0.5, 0.6) is 0 Å². The fourth-order valence-corrected chi connectivity index (χ4v) is 2.95. The Kier molecular flexibility index (Phi) is 8.24. The fourth-order valence-electron chi connectivity index (χ4n) is 2.95. The molecule has 0 spiro atoms. The van der Waals surface area contributed by atoms with Crippen LogP contribution in [0.25, 0.3) is 0 Å². The molecule has 1 aromatic rings. The van der Waals surface area contributed by atoms with Gasteiger partial charge in [-0.25, -0.2) is 4.79 Å². The zero-order chi connectivity index (χ0) is 33.3. The topological polar surface area (TPSA) is 114 Å². The minimum Gasteiger partial charge on any atom is -0.506 e. The van der Waals surface area contributed by atoms with Crippen molar-refractivity contribution < 1.29 is 94.3 Å². The lowest BCUT2D eigenvalue weighted by atomic mass is 9.90. The lowest BCUT2D eigenvalue weighted by Crippen LogP contribution is -2.74. The molecule has 8 nitrogen and oxygen atoms in total. The molecule has 1 aliphatic rings. The Morgan fingerprint density at radius 2 is 1.19 bits per heavy atom. The maximum atomic E-state index is 14.3. The maximum absolute atomic E-state index is 14.3. The van der Waals surface area contributed by atoms with E-state index in [0.717, 1.165) is 0 Å². The lowest BCUT2D eigenvalue weighted by molar-refractivity contribution is -0.475. The van der Waals surface area contributed by atoms with Crippen molar-refractivity contribution >= 4 is 0 Å². The highest BCUT2D eigenvalue weighted by molar-refractivity contribution is 5.18. The predicted molar refractivity (Wildman–Crippen MR) is 93.7 cm³/mol. The molecular formula is C17H9F17N2O6. The summed E-state index contributed by atoms with van der Waals surface area (Å²) < 4.78 is 236. The second kappa shape index (κ2) is 9.90. The van der Waals surface area contributed by atoms with Gasteiger partial charge in [0, 0.05) is 12.3 Å². The van der Waals surface area contributed by atoms with E-state index in [9.17, 15) is 89.3 Å². The second-order valence-electron chi connectivity index (χ2n) is 7.99. The van der Waals surface area contributed by atoms with Gasteiger partial charge in [0.1, 0.15) is 6.10 Å². The first-order chi connectivity index (χ1) is 18.5. The van der Waals surface area contributed by atoms with E-state index >= 15 is 0 Å². The zero-order valence-electron chi connectivity index (χ0n) is 18.9. The van der Waals surface area contributed by atoms with Gasteiger partial charge in [-0.3, -0.25) is 14.3 Å². The van der Waals surface area contributed by atoms with Crippen LogP contribution in [0.1, 0.15) is 6.23 Å². The number of aliphatic hydroxyl groups excluding tert-OH is 2. The quantitative estimate of drug-likeness (QED) is 0.325. The first kappa shape index (κ1) is 34.9. The third-order valence-corrected chi connectivity index (χ3v) is 5.28. The molecule has 0 radical (unpaired) electrons. The van der Waals surface area contributed by atoms with Crippen LogP contribution >= 0.6 is 0 Å². The van der Waals surface area contributed by atoms with E-state index in [0.29, 0.717) is 6.07 Å². The van der Waals surface area contributed by atoms with Crippen LogP contribution in [0, 0.1) is 0 Å². The van der Waals surface area contributed by atoms with Crippen LogP contribution < -0.4 is 11.2 Å². The molecule has 42 heavy (non-hydrogen) atoms. The summed E-state index contributed by atoms with van der Waals surface area (Å²) in [6, 6.07) is 0.353. The highest BCUT2D eigenvalue weighted by Gasteiger charge is 2.96. The fraction of sp³-hybridized carbons (Fsp3) is 0.647. The summed E-state index contributed by atoms with van der Waals surface area (Å²) >= 11 is 0. The summed E-state index contributed by atoms with van der Waals surface area (Å²) in [5, 5.41) is 18.8. The summed E-state index contributed by atoms with van der Waals surface area (Å²) in [6.45, 7) is -1.54. The number of nitrogens with one attached hydrogen (secondary N) is 1. The van der Waals surface area contributed by atoms with Crippen molar-refractivity contribution in [1.82, 2.24) is 9.55 Å². The van der Waals surface area contributed by atoms with Crippen molar-refractivity contribution in [2.45, 2.75) is 60.2 Å². The van der Waals surface area contributed by atoms with Gasteiger partial charge in [-0.1, -0.05) is 0 Å². The molecule has 2 heterocycles. The number of halogens is 17. The lowest BCUT2D eigenvalue weighted by Gasteiger charge is -2.42. The van der Waals surface area contributed by atoms with Gasteiger partial charge in [0.05, 0.1) is 6.61 Å². The molecule has 0 bridgehead atoms. The van der Waals surface area contributed by atoms with Crippen molar-refractivity contribution in [3.8, 4) is 0 Å². The van der Waals surface area contributed by atoms with Gasteiger partial charge in [0.15, 0.2) is 11.5 Å². The normalized spacial score (nSPS) is 20.3. The van der Waals surface area contributed by atoms with Gasteiger partial charge >= 0.3 is 53.5 Å². The molecular weight excluding hydrogens is 651 g/mol. The average molecular weight is 660 g/mol. The standard InChI is InChI=1S/C17H9F17N2O6/c18-10(19,12(22,23)14(26,27)16(30,31)32)11(20,21)13(24,25)15(28,29)17(33,34)42-7-6(39)4(3-37)41-8(7)36-2-1-5(38)35-9(36)40/h1-2,4,8,37,39H,3H2,(H,35,38,40)/t4-,8-/m1/s1. The zero-order valence-corrected chi connectivity index (χ0v) is 18.9. The first-order valence-electron chi connectivity index (χ1n) is 9.89. The molecule has 0 aromatic carbocycles. The molecule has 0 saturated heterocycles. The van der Waals surface area contributed by atoms with E-state index in [1.807, 2.05) is 0 Å². The van der Waals surface area contributed by atoms with Crippen molar-refractivity contribution in [2.75, 3.05) is 6.61 Å². The summed E-state index contributed by atoms with van der Waals surface area (Å²) in [5.74, 6) is -56.1. The Labute approximate surface area is 216 Å². The minimum absolute atomic E-state index is 0.169.